The maximum absolute atomic E-state index is 13.4. The largest absolute Gasteiger partial charge is 0.508 e. The molecular weight excluding hydrogens is 703 g/mol. The molecule has 1 unspecified atom stereocenters. The second-order valence-corrected chi connectivity index (χ2v) is 16.3. The van der Waals surface area contributed by atoms with Crippen LogP contribution in [-0.4, -0.2) is 91.6 Å². The van der Waals surface area contributed by atoms with E-state index in [4.69, 9.17) is 4.74 Å². The van der Waals surface area contributed by atoms with Crippen LogP contribution in [0.5, 0.6) is 11.5 Å². The Bertz CT molecular complexity index is 2110. The molecule has 1 aliphatic carbocycles. The van der Waals surface area contributed by atoms with E-state index in [1.165, 1.54) is 40.8 Å². The van der Waals surface area contributed by atoms with Crippen LogP contribution in [0.2, 0.25) is 0 Å². The summed E-state index contributed by atoms with van der Waals surface area (Å²) in [6, 6.07) is 29.6. The third kappa shape index (κ3) is 7.00. The smallest absolute Gasteiger partial charge is 0.258 e. The summed E-state index contributed by atoms with van der Waals surface area (Å²) in [5.41, 5.74) is 9.04. The summed E-state index contributed by atoms with van der Waals surface area (Å²) in [6.45, 7) is 7.33. The summed E-state index contributed by atoms with van der Waals surface area (Å²) in [5.74, 6) is 1.31. The van der Waals surface area contributed by atoms with Gasteiger partial charge in [-0.15, -0.1) is 0 Å². The number of carbonyl (C=O) groups is 3. The van der Waals surface area contributed by atoms with Crippen LogP contribution in [0.3, 0.4) is 0 Å². The van der Waals surface area contributed by atoms with Crippen LogP contribution < -0.4 is 19.9 Å². The van der Waals surface area contributed by atoms with E-state index >= 15 is 0 Å². The molecule has 2 N–H and O–H groups in total. The van der Waals surface area contributed by atoms with Gasteiger partial charge in [0.1, 0.15) is 17.5 Å². The molecule has 3 amide bonds. The molecule has 3 saturated heterocycles. The van der Waals surface area contributed by atoms with Crippen molar-refractivity contribution in [1.82, 2.24) is 15.1 Å². The van der Waals surface area contributed by atoms with Crippen LogP contribution in [0.25, 0.3) is 0 Å². The van der Waals surface area contributed by atoms with Crippen LogP contribution in [0, 0.1) is 5.92 Å². The summed E-state index contributed by atoms with van der Waals surface area (Å²) < 4.78 is 5.72. The zero-order valence-electron chi connectivity index (χ0n) is 32.2. The molecule has 0 radical (unpaired) electrons. The highest BCUT2D eigenvalue weighted by atomic mass is 16.5. The SMILES string of the molecule is COc1cc(N2CCN(CC3CCN(c4ccc([C@H]5c6ccc(O)cc6CC[C@H]5c5ccccc5)cc4)CC3)CC2)cc2c1C(=O)N(C1CCC(=O)NC1=O)C2. The maximum atomic E-state index is 13.4. The molecule has 10 heteroatoms. The number of fused-ring (bicyclic) bond motifs is 2. The summed E-state index contributed by atoms with van der Waals surface area (Å²) in [6.07, 6.45) is 4.97. The second kappa shape index (κ2) is 15.3. The molecule has 4 aromatic rings. The normalized spacial score (nSPS) is 23.2. The fourth-order valence-electron chi connectivity index (χ4n) is 10.1. The van der Waals surface area contributed by atoms with Gasteiger partial charge in [0.15, 0.2) is 0 Å². The van der Waals surface area contributed by atoms with Gasteiger partial charge in [0.2, 0.25) is 11.8 Å². The van der Waals surface area contributed by atoms with Gasteiger partial charge in [-0.1, -0.05) is 48.5 Å². The highest BCUT2D eigenvalue weighted by molar-refractivity contribution is 6.06. The molecule has 4 heterocycles. The quantitative estimate of drug-likeness (QED) is 0.210. The Hall–Kier alpha value is -5.35. The van der Waals surface area contributed by atoms with E-state index in [0.717, 1.165) is 69.9 Å². The first-order valence-corrected chi connectivity index (χ1v) is 20.4. The van der Waals surface area contributed by atoms with E-state index in [1.807, 2.05) is 18.2 Å². The molecule has 3 fully saturated rings. The number of rotatable bonds is 8. The van der Waals surface area contributed by atoms with E-state index in [-0.39, 0.29) is 24.2 Å². The first-order valence-electron chi connectivity index (χ1n) is 20.4. The van der Waals surface area contributed by atoms with Crippen LogP contribution in [0.1, 0.15) is 82.1 Å². The average Bonchev–Trinajstić information content (AvgIpc) is 3.56. The van der Waals surface area contributed by atoms with Gasteiger partial charge in [-0.25, -0.2) is 0 Å². The Kier molecular flexibility index (Phi) is 9.91. The number of methoxy groups -OCH3 is 1. The molecule has 10 nitrogen and oxygen atoms in total. The Morgan fingerprint density at radius 2 is 1.48 bits per heavy atom. The first kappa shape index (κ1) is 36.3. The minimum atomic E-state index is -0.646. The van der Waals surface area contributed by atoms with E-state index in [1.54, 1.807) is 12.0 Å². The molecule has 4 aromatic carbocycles. The van der Waals surface area contributed by atoms with Gasteiger partial charge in [0.25, 0.3) is 5.91 Å². The number of piperazine rings is 1. The van der Waals surface area contributed by atoms with Gasteiger partial charge in [0, 0.05) is 82.1 Å². The Labute approximate surface area is 329 Å². The lowest BCUT2D eigenvalue weighted by Crippen LogP contribution is -2.52. The molecule has 0 saturated carbocycles. The third-order valence-electron chi connectivity index (χ3n) is 13.1. The number of aromatic hydroxyl groups is 1. The Morgan fingerprint density at radius 3 is 2.21 bits per heavy atom. The van der Waals surface area contributed by atoms with Crippen molar-refractivity contribution in [2.24, 2.45) is 5.92 Å². The Balaban J connectivity index is 0.796. The minimum Gasteiger partial charge on any atom is -0.508 e. The molecule has 5 aliphatic rings. The number of nitrogens with one attached hydrogen (secondary N) is 1. The van der Waals surface area contributed by atoms with Crippen molar-refractivity contribution in [3.63, 3.8) is 0 Å². The summed E-state index contributed by atoms with van der Waals surface area (Å²) in [5, 5.41) is 12.6. The molecule has 290 valence electrons. The van der Waals surface area contributed by atoms with Gasteiger partial charge in [-0.3, -0.25) is 24.6 Å². The van der Waals surface area contributed by atoms with E-state index in [9.17, 15) is 19.5 Å². The summed E-state index contributed by atoms with van der Waals surface area (Å²) in [4.78, 5) is 46.9. The predicted molar refractivity (Wildman–Crippen MR) is 217 cm³/mol. The number of benzene rings is 4. The van der Waals surface area contributed by atoms with Gasteiger partial charge < -0.3 is 24.5 Å². The van der Waals surface area contributed by atoms with E-state index < -0.39 is 11.9 Å². The Morgan fingerprint density at radius 1 is 0.732 bits per heavy atom. The number of ether oxygens (including phenoxy) is 1. The molecule has 9 rings (SSSR count). The lowest BCUT2D eigenvalue weighted by atomic mass is 9.69. The van der Waals surface area contributed by atoms with Crippen molar-refractivity contribution in [1.29, 1.82) is 0 Å². The maximum Gasteiger partial charge on any atom is 0.258 e. The number of piperidine rings is 2. The number of hydrogen-bond donors (Lipinski definition) is 2. The van der Waals surface area contributed by atoms with Crippen molar-refractivity contribution in [2.75, 3.05) is 62.7 Å². The molecule has 0 spiro atoms. The summed E-state index contributed by atoms with van der Waals surface area (Å²) >= 11 is 0. The van der Waals surface area contributed by atoms with Crippen LogP contribution in [0.15, 0.2) is 84.9 Å². The van der Waals surface area contributed by atoms with Gasteiger partial charge >= 0.3 is 0 Å². The van der Waals surface area contributed by atoms with Gasteiger partial charge in [-0.05, 0) is 102 Å². The number of phenols is 1. The standard InChI is InChI=1S/C46H51N5O5/c1-56-41-27-36(25-34-29-51(46(55)44(34)41)40-15-16-42(53)47-45(40)54)50-23-21-48(22-24-50)28-30-17-19-49(20-18-30)35-10-7-32(8-11-35)43-38(31-5-3-2-4-6-31)13-9-33-26-37(52)12-14-39(33)43/h2-8,10-12,14,25-27,30,38,40,43,52H,9,13,15-24,28-29H2,1H3,(H,47,53,54)/t38-,40?,43+/m0/s1. The lowest BCUT2D eigenvalue weighted by molar-refractivity contribution is -0.136. The predicted octanol–water partition coefficient (Wildman–Crippen LogP) is 6.06. The highest BCUT2D eigenvalue weighted by Crippen LogP contribution is 2.47. The molecule has 3 atom stereocenters. The molecule has 0 aromatic heterocycles. The monoisotopic (exact) mass is 753 g/mol. The van der Waals surface area contributed by atoms with Crippen molar-refractivity contribution in [2.45, 2.75) is 62.9 Å². The molecule has 56 heavy (non-hydrogen) atoms. The van der Waals surface area contributed by atoms with Crippen LogP contribution in [-0.2, 0) is 22.6 Å². The molecule has 0 bridgehead atoms. The zero-order valence-corrected chi connectivity index (χ0v) is 32.2. The number of phenolic OH excluding ortho intramolecular Hbond substituents is 1. The highest BCUT2D eigenvalue weighted by Gasteiger charge is 2.41. The molecular formula is C46H51N5O5. The number of hydrogen-bond acceptors (Lipinski definition) is 8. The van der Waals surface area contributed by atoms with Crippen LogP contribution in [0.4, 0.5) is 11.4 Å². The number of imide groups is 1. The molecule has 4 aliphatic heterocycles. The van der Waals surface area contributed by atoms with Crippen LogP contribution >= 0.6 is 0 Å². The average molecular weight is 754 g/mol. The van der Waals surface area contributed by atoms with E-state index in [2.05, 4.69) is 86.7 Å². The van der Waals surface area contributed by atoms with Crippen molar-refractivity contribution < 1.29 is 24.2 Å². The number of amides is 3. The van der Waals surface area contributed by atoms with Gasteiger partial charge in [-0.2, -0.15) is 0 Å². The van der Waals surface area contributed by atoms with Crippen molar-refractivity contribution in [3.05, 3.63) is 118 Å². The zero-order chi connectivity index (χ0) is 38.3. The lowest BCUT2D eigenvalue weighted by Gasteiger charge is -2.40. The number of nitrogens with zero attached hydrogens (tertiary/aromatic N) is 4. The van der Waals surface area contributed by atoms with E-state index in [0.29, 0.717) is 41.9 Å². The van der Waals surface area contributed by atoms with Crippen molar-refractivity contribution in [3.8, 4) is 11.5 Å². The second-order valence-electron chi connectivity index (χ2n) is 16.3. The summed E-state index contributed by atoms with van der Waals surface area (Å²) in [7, 11) is 1.59. The third-order valence-corrected chi connectivity index (χ3v) is 13.1. The minimum absolute atomic E-state index is 0.212. The fourth-order valence-corrected chi connectivity index (χ4v) is 10.1. The topological polar surface area (TPSA) is 106 Å². The number of aryl methyl sites for hydroxylation is 1. The van der Waals surface area contributed by atoms with Gasteiger partial charge in [0.05, 0.1) is 12.7 Å². The number of carbonyl (C=O) groups excluding carboxylic acids is 3. The fraction of sp³-hybridized carbons (Fsp3) is 0.413. The first-order chi connectivity index (χ1) is 27.3. The van der Waals surface area contributed by atoms with Crippen molar-refractivity contribution >= 4 is 29.1 Å². The number of anilines is 2.